The average molecular weight is 223 g/mol. The Morgan fingerprint density at radius 2 is 2.06 bits per heavy atom. The summed E-state index contributed by atoms with van der Waals surface area (Å²) < 4.78 is 0. The fourth-order valence-corrected chi connectivity index (χ4v) is 2.52. The quantitative estimate of drug-likeness (QED) is 0.748. The van der Waals surface area contributed by atoms with Gasteiger partial charge in [0.25, 0.3) is 0 Å². The normalized spacial score (nSPS) is 19.6. The molecule has 3 heteroatoms. The first-order valence-corrected chi connectivity index (χ1v) is 6.51. The van der Waals surface area contributed by atoms with E-state index in [-0.39, 0.29) is 6.04 Å². The monoisotopic (exact) mass is 223 g/mol. The van der Waals surface area contributed by atoms with Crippen LogP contribution in [-0.2, 0) is 0 Å². The SMILES string of the molecule is CNC(C#N)CCN(C)CC1CCCCC1. The van der Waals surface area contributed by atoms with Gasteiger partial charge in [-0.15, -0.1) is 0 Å². The summed E-state index contributed by atoms with van der Waals surface area (Å²) in [7, 11) is 4.04. The molecule has 0 heterocycles. The Morgan fingerprint density at radius 1 is 1.38 bits per heavy atom. The van der Waals surface area contributed by atoms with Crippen molar-refractivity contribution in [2.45, 2.75) is 44.6 Å². The molecule has 3 nitrogen and oxygen atoms in total. The maximum atomic E-state index is 8.83. The van der Waals surface area contributed by atoms with E-state index < -0.39 is 0 Å². The van der Waals surface area contributed by atoms with Gasteiger partial charge in [0.2, 0.25) is 0 Å². The lowest BCUT2D eigenvalue weighted by Gasteiger charge is -2.27. The minimum absolute atomic E-state index is 0.00815. The van der Waals surface area contributed by atoms with E-state index in [4.69, 9.17) is 5.26 Å². The van der Waals surface area contributed by atoms with Crippen LogP contribution in [0.25, 0.3) is 0 Å². The highest BCUT2D eigenvalue weighted by Crippen LogP contribution is 2.24. The van der Waals surface area contributed by atoms with Crippen molar-refractivity contribution in [3.63, 3.8) is 0 Å². The van der Waals surface area contributed by atoms with Crippen LogP contribution < -0.4 is 5.32 Å². The van der Waals surface area contributed by atoms with Crippen LogP contribution in [0.4, 0.5) is 0 Å². The second kappa shape index (κ2) is 7.65. The highest BCUT2D eigenvalue weighted by molar-refractivity contribution is 4.88. The van der Waals surface area contributed by atoms with E-state index in [1.54, 1.807) is 0 Å². The summed E-state index contributed by atoms with van der Waals surface area (Å²) >= 11 is 0. The van der Waals surface area contributed by atoms with Gasteiger partial charge in [-0.2, -0.15) is 5.26 Å². The van der Waals surface area contributed by atoms with Gasteiger partial charge in [-0.3, -0.25) is 0 Å². The van der Waals surface area contributed by atoms with E-state index in [2.05, 4.69) is 23.3 Å². The summed E-state index contributed by atoms with van der Waals surface area (Å²) in [5.41, 5.74) is 0. The van der Waals surface area contributed by atoms with Crippen molar-refractivity contribution in [3.8, 4) is 6.07 Å². The first-order valence-electron chi connectivity index (χ1n) is 6.51. The molecule has 92 valence electrons. The molecular formula is C13H25N3. The molecular weight excluding hydrogens is 198 g/mol. The zero-order valence-corrected chi connectivity index (χ0v) is 10.7. The van der Waals surface area contributed by atoms with Crippen molar-refractivity contribution in [3.05, 3.63) is 0 Å². The van der Waals surface area contributed by atoms with Crippen LogP contribution in [0, 0.1) is 17.2 Å². The number of hydrogen-bond acceptors (Lipinski definition) is 3. The Bertz CT molecular complexity index is 216. The fourth-order valence-electron chi connectivity index (χ4n) is 2.52. The lowest BCUT2D eigenvalue weighted by molar-refractivity contribution is 0.229. The molecule has 0 aromatic carbocycles. The van der Waals surface area contributed by atoms with Crippen LogP contribution in [0.3, 0.4) is 0 Å². The van der Waals surface area contributed by atoms with Gasteiger partial charge in [-0.1, -0.05) is 19.3 Å². The van der Waals surface area contributed by atoms with Crippen molar-refractivity contribution >= 4 is 0 Å². The number of hydrogen-bond donors (Lipinski definition) is 1. The van der Waals surface area contributed by atoms with Crippen LogP contribution in [0.5, 0.6) is 0 Å². The number of nitrogens with zero attached hydrogens (tertiary/aromatic N) is 2. The van der Waals surface area contributed by atoms with Crippen LogP contribution >= 0.6 is 0 Å². The molecule has 1 saturated carbocycles. The minimum Gasteiger partial charge on any atom is -0.306 e. The first-order chi connectivity index (χ1) is 7.76. The number of rotatable bonds is 6. The van der Waals surface area contributed by atoms with Crippen LogP contribution in [-0.4, -0.2) is 38.1 Å². The second-order valence-corrected chi connectivity index (χ2v) is 5.03. The third kappa shape index (κ3) is 4.96. The topological polar surface area (TPSA) is 39.1 Å². The van der Waals surface area contributed by atoms with E-state index in [9.17, 15) is 0 Å². The Labute approximate surface area is 99.8 Å². The Balaban J connectivity index is 2.14. The Morgan fingerprint density at radius 3 is 2.62 bits per heavy atom. The lowest BCUT2D eigenvalue weighted by Crippen LogP contribution is -2.32. The zero-order chi connectivity index (χ0) is 11.8. The van der Waals surface area contributed by atoms with E-state index in [1.807, 2.05) is 7.05 Å². The van der Waals surface area contributed by atoms with Crippen LogP contribution in [0.2, 0.25) is 0 Å². The molecule has 0 saturated heterocycles. The van der Waals surface area contributed by atoms with Crippen molar-refractivity contribution in [1.29, 1.82) is 5.26 Å². The molecule has 1 aliphatic carbocycles. The summed E-state index contributed by atoms with van der Waals surface area (Å²) in [5.74, 6) is 0.897. The molecule has 1 atom stereocenters. The predicted molar refractivity (Wildman–Crippen MR) is 67.1 cm³/mol. The van der Waals surface area contributed by atoms with Crippen molar-refractivity contribution in [2.24, 2.45) is 5.92 Å². The summed E-state index contributed by atoms with van der Waals surface area (Å²) in [5, 5.41) is 11.9. The highest BCUT2D eigenvalue weighted by Gasteiger charge is 2.15. The molecule has 1 unspecified atom stereocenters. The third-order valence-corrected chi connectivity index (χ3v) is 3.60. The van der Waals surface area contributed by atoms with Crippen molar-refractivity contribution < 1.29 is 0 Å². The van der Waals surface area contributed by atoms with E-state index >= 15 is 0 Å². The molecule has 0 amide bonds. The van der Waals surface area contributed by atoms with Gasteiger partial charge in [0.15, 0.2) is 0 Å². The average Bonchev–Trinajstić information content (AvgIpc) is 2.31. The molecule has 16 heavy (non-hydrogen) atoms. The molecule has 1 aliphatic rings. The van der Waals surface area contributed by atoms with Crippen molar-refractivity contribution in [1.82, 2.24) is 10.2 Å². The summed E-state index contributed by atoms with van der Waals surface area (Å²) in [4.78, 5) is 2.39. The Kier molecular flexibility index (Phi) is 6.44. The molecule has 0 aliphatic heterocycles. The van der Waals surface area contributed by atoms with Gasteiger partial charge >= 0.3 is 0 Å². The number of nitriles is 1. The molecule has 0 spiro atoms. The molecule has 0 bridgehead atoms. The van der Waals surface area contributed by atoms with Gasteiger partial charge < -0.3 is 10.2 Å². The Hall–Kier alpha value is -0.590. The van der Waals surface area contributed by atoms with E-state index in [0.29, 0.717) is 0 Å². The summed E-state index contributed by atoms with van der Waals surface area (Å²) in [6.45, 7) is 2.23. The van der Waals surface area contributed by atoms with Gasteiger partial charge in [0.05, 0.1) is 12.1 Å². The molecule has 0 aromatic heterocycles. The summed E-state index contributed by atoms with van der Waals surface area (Å²) in [6.07, 6.45) is 7.98. The van der Waals surface area contributed by atoms with E-state index in [0.717, 1.165) is 18.9 Å². The zero-order valence-electron chi connectivity index (χ0n) is 10.7. The molecule has 0 aromatic rings. The highest BCUT2D eigenvalue weighted by atomic mass is 15.1. The molecule has 1 rings (SSSR count). The maximum Gasteiger partial charge on any atom is 0.0962 e. The molecule has 1 N–H and O–H groups in total. The second-order valence-electron chi connectivity index (χ2n) is 5.03. The van der Waals surface area contributed by atoms with Gasteiger partial charge in [0.1, 0.15) is 0 Å². The van der Waals surface area contributed by atoms with Crippen molar-refractivity contribution in [2.75, 3.05) is 27.2 Å². The smallest absolute Gasteiger partial charge is 0.0962 e. The van der Waals surface area contributed by atoms with Crippen LogP contribution in [0.1, 0.15) is 38.5 Å². The van der Waals surface area contributed by atoms with Gasteiger partial charge in [0, 0.05) is 13.1 Å². The fraction of sp³-hybridized carbons (Fsp3) is 0.923. The minimum atomic E-state index is 0.00815. The lowest BCUT2D eigenvalue weighted by atomic mass is 9.89. The largest absolute Gasteiger partial charge is 0.306 e. The van der Waals surface area contributed by atoms with Gasteiger partial charge in [-0.25, -0.2) is 0 Å². The standard InChI is InChI=1S/C13H25N3/c1-15-13(10-14)8-9-16(2)11-12-6-4-3-5-7-12/h12-13,15H,3-9,11H2,1-2H3. The number of nitrogens with one attached hydrogen (secondary N) is 1. The van der Waals surface area contributed by atoms with Crippen LogP contribution in [0.15, 0.2) is 0 Å². The maximum absolute atomic E-state index is 8.83. The van der Waals surface area contributed by atoms with Gasteiger partial charge in [-0.05, 0) is 39.3 Å². The molecule has 1 fully saturated rings. The third-order valence-electron chi connectivity index (χ3n) is 3.60. The predicted octanol–water partition coefficient (Wildman–Crippen LogP) is 2.00. The van der Waals surface area contributed by atoms with E-state index in [1.165, 1.54) is 38.6 Å². The summed E-state index contributed by atoms with van der Waals surface area (Å²) in [6, 6.07) is 2.28. The first kappa shape index (κ1) is 13.5. The molecule has 0 radical (unpaired) electrons.